The van der Waals surface area contributed by atoms with Gasteiger partial charge in [0.05, 0.1) is 17.0 Å². The summed E-state index contributed by atoms with van der Waals surface area (Å²) in [5.74, 6) is 1.11. The maximum atomic E-state index is 13.3. The van der Waals surface area contributed by atoms with Crippen molar-refractivity contribution in [2.24, 2.45) is 11.8 Å². The van der Waals surface area contributed by atoms with Gasteiger partial charge in [0.25, 0.3) is 5.91 Å². The van der Waals surface area contributed by atoms with E-state index < -0.39 is 0 Å². The molecule has 1 unspecified atom stereocenters. The molecule has 0 radical (unpaired) electrons. The van der Waals surface area contributed by atoms with Crippen molar-refractivity contribution in [3.8, 4) is 0 Å². The zero-order chi connectivity index (χ0) is 27.7. The number of rotatable bonds is 6. The Kier molecular flexibility index (Phi) is 7.65. The maximum absolute atomic E-state index is 13.3. The third-order valence-electron chi connectivity index (χ3n) is 10.1. The van der Waals surface area contributed by atoms with Crippen molar-refractivity contribution in [1.29, 1.82) is 0 Å². The molecule has 1 aliphatic carbocycles. The van der Waals surface area contributed by atoms with Gasteiger partial charge >= 0.3 is 0 Å². The quantitative estimate of drug-likeness (QED) is 0.521. The second-order valence-electron chi connectivity index (χ2n) is 12.6. The molecular formula is C33H43N5O2. The molecule has 2 amide bonds. The number of aromatic nitrogens is 2. The van der Waals surface area contributed by atoms with Gasteiger partial charge in [0.2, 0.25) is 5.91 Å². The van der Waals surface area contributed by atoms with E-state index in [4.69, 9.17) is 0 Å². The predicted octanol–water partition coefficient (Wildman–Crippen LogP) is 4.90. The summed E-state index contributed by atoms with van der Waals surface area (Å²) in [6.07, 6.45) is 12.8. The van der Waals surface area contributed by atoms with Gasteiger partial charge in [-0.25, -0.2) is 9.97 Å². The summed E-state index contributed by atoms with van der Waals surface area (Å²) in [5.41, 5.74) is 5.04. The smallest absolute Gasteiger partial charge is 0.257 e. The molecule has 6 rings (SSSR count). The standard InChI is InChI=1S/C33H43N5O2/c1-24-30(25(2)35-23-34-24)32(40)38-21-27-19-36(20-28(27)22-38)16-13-33(29-11-7-4-8-12-29)14-17-37(18-15-33)31(39)26-9-5-3-6-10-26/h4,7-8,11-12,19,23,26,28H,3,5-6,9-10,13-18,20-22H2,1-2H3. The molecule has 2 saturated heterocycles. The molecule has 3 aliphatic heterocycles. The summed E-state index contributed by atoms with van der Waals surface area (Å²) in [7, 11) is 0. The molecule has 7 heteroatoms. The van der Waals surface area contributed by atoms with Crippen molar-refractivity contribution >= 4 is 11.8 Å². The van der Waals surface area contributed by atoms with Gasteiger partial charge in [-0.05, 0) is 57.1 Å². The Hall–Kier alpha value is -3.22. The first-order valence-electron chi connectivity index (χ1n) is 15.3. The minimum Gasteiger partial charge on any atom is -0.377 e. The average Bonchev–Trinajstić information content (AvgIpc) is 3.56. The number of aryl methyl sites for hydroxylation is 2. The summed E-state index contributed by atoms with van der Waals surface area (Å²) in [6.45, 7) is 8.94. The Bertz CT molecular complexity index is 1240. The summed E-state index contributed by atoms with van der Waals surface area (Å²) < 4.78 is 0. The third kappa shape index (κ3) is 5.27. The van der Waals surface area contributed by atoms with Crippen molar-refractivity contribution in [1.82, 2.24) is 24.7 Å². The van der Waals surface area contributed by atoms with Crippen molar-refractivity contribution in [3.05, 3.63) is 70.9 Å². The van der Waals surface area contributed by atoms with Crippen molar-refractivity contribution in [2.75, 3.05) is 39.3 Å². The lowest BCUT2D eigenvalue weighted by molar-refractivity contribution is -0.138. The normalized spacial score (nSPS) is 22.8. The molecule has 0 N–H and O–H groups in total. The molecular weight excluding hydrogens is 498 g/mol. The van der Waals surface area contributed by atoms with Gasteiger partial charge < -0.3 is 14.7 Å². The van der Waals surface area contributed by atoms with Crippen LogP contribution in [0, 0.1) is 25.7 Å². The fraction of sp³-hybridized carbons (Fsp3) is 0.576. The average molecular weight is 542 g/mol. The molecule has 1 aromatic heterocycles. The van der Waals surface area contributed by atoms with E-state index in [1.165, 1.54) is 36.7 Å². The lowest BCUT2D eigenvalue weighted by Crippen LogP contribution is -2.48. The minimum absolute atomic E-state index is 0.0509. The van der Waals surface area contributed by atoms with E-state index >= 15 is 0 Å². The van der Waals surface area contributed by atoms with Gasteiger partial charge in [0.1, 0.15) is 6.33 Å². The van der Waals surface area contributed by atoms with Gasteiger partial charge in [-0.3, -0.25) is 9.59 Å². The molecule has 7 nitrogen and oxygen atoms in total. The van der Waals surface area contributed by atoms with Crippen LogP contribution >= 0.6 is 0 Å². The fourth-order valence-corrected chi connectivity index (χ4v) is 7.66. The Labute approximate surface area is 238 Å². The first-order valence-corrected chi connectivity index (χ1v) is 15.3. The highest BCUT2D eigenvalue weighted by atomic mass is 16.2. The van der Waals surface area contributed by atoms with Gasteiger partial charge in [-0.1, -0.05) is 49.6 Å². The van der Waals surface area contributed by atoms with Gasteiger partial charge in [0, 0.05) is 62.7 Å². The van der Waals surface area contributed by atoms with Crippen LogP contribution in [0.3, 0.4) is 0 Å². The lowest BCUT2D eigenvalue weighted by atomic mass is 9.70. The van der Waals surface area contributed by atoms with Crippen LogP contribution in [0.5, 0.6) is 0 Å². The number of amides is 2. The SMILES string of the molecule is Cc1ncnc(C)c1C(=O)N1CC2=CN(CCC3(c4ccccc4)CCN(C(=O)C4CCCCC4)CC3)CC2C1. The molecule has 2 aromatic rings. The molecule has 3 fully saturated rings. The van der Waals surface area contributed by atoms with Gasteiger partial charge in [-0.2, -0.15) is 0 Å². The van der Waals surface area contributed by atoms with E-state index in [1.54, 1.807) is 0 Å². The second kappa shape index (κ2) is 11.3. The van der Waals surface area contributed by atoms with Crippen LogP contribution in [0.1, 0.15) is 78.7 Å². The van der Waals surface area contributed by atoms with E-state index in [0.717, 1.165) is 76.2 Å². The first kappa shape index (κ1) is 27.0. The molecule has 1 atom stereocenters. The molecule has 0 bridgehead atoms. The number of carbonyl (C=O) groups is 2. The van der Waals surface area contributed by atoms with Crippen molar-refractivity contribution in [3.63, 3.8) is 0 Å². The van der Waals surface area contributed by atoms with Gasteiger partial charge in [-0.15, -0.1) is 0 Å². The summed E-state index contributed by atoms with van der Waals surface area (Å²) in [4.78, 5) is 41.7. The largest absolute Gasteiger partial charge is 0.377 e. The number of benzene rings is 1. The topological polar surface area (TPSA) is 69.6 Å². The van der Waals surface area contributed by atoms with Crippen LogP contribution in [-0.4, -0.2) is 75.8 Å². The number of hydrogen-bond donors (Lipinski definition) is 0. The highest BCUT2D eigenvalue weighted by Crippen LogP contribution is 2.41. The van der Waals surface area contributed by atoms with E-state index in [1.807, 2.05) is 18.7 Å². The Morgan fingerprint density at radius 2 is 1.62 bits per heavy atom. The Morgan fingerprint density at radius 1 is 0.925 bits per heavy atom. The summed E-state index contributed by atoms with van der Waals surface area (Å²) in [5, 5.41) is 0. The van der Waals surface area contributed by atoms with Crippen LogP contribution in [0.2, 0.25) is 0 Å². The number of nitrogens with zero attached hydrogens (tertiary/aromatic N) is 5. The molecule has 0 spiro atoms. The van der Waals surface area contributed by atoms with E-state index in [-0.39, 0.29) is 17.2 Å². The van der Waals surface area contributed by atoms with Crippen molar-refractivity contribution in [2.45, 2.75) is 70.6 Å². The zero-order valence-electron chi connectivity index (χ0n) is 24.1. The predicted molar refractivity (Wildman–Crippen MR) is 156 cm³/mol. The number of likely N-dealkylation sites (tertiary alicyclic amines) is 2. The molecule has 212 valence electrons. The molecule has 4 aliphatic rings. The van der Waals surface area contributed by atoms with Crippen LogP contribution < -0.4 is 0 Å². The molecule has 40 heavy (non-hydrogen) atoms. The number of piperidine rings is 1. The highest BCUT2D eigenvalue weighted by Gasteiger charge is 2.41. The van der Waals surface area contributed by atoms with Crippen LogP contribution in [0.4, 0.5) is 0 Å². The molecule has 4 heterocycles. The monoisotopic (exact) mass is 541 g/mol. The Balaban J connectivity index is 1.09. The van der Waals surface area contributed by atoms with Crippen molar-refractivity contribution < 1.29 is 9.59 Å². The van der Waals surface area contributed by atoms with Crippen LogP contribution in [-0.2, 0) is 10.2 Å². The lowest BCUT2D eigenvalue weighted by Gasteiger charge is -2.44. The minimum atomic E-state index is 0.0509. The maximum Gasteiger partial charge on any atom is 0.257 e. The highest BCUT2D eigenvalue weighted by molar-refractivity contribution is 5.96. The number of hydrogen-bond acceptors (Lipinski definition) is 5. The summed E-state index contributed by atoms with van der Waals surface area (Å²) >= 11 is 0. The van der Waals surface area contributed by atoms with E-state index in [9.17, 15) is 9.59 Å². The fourth-order valence-electron chi connectivity index (χ4n) is 7.66. The summed E-state index contributed by atoms with van der Waals surface area (Å²) in [6, 6.07) is 11.0. The second-order valence-corrected chi connectivity index (χ2v) is 12.6. The number of carbonyl (C=O) groups excluding carboxylic acids is 2. The van der Waals surface area contributed by atoms with Gasteiger partial charge in [0.15, 0.2) is 0 Å². The van der Waals surface area contributed by atoms with E-state index in [0.29, 0.717) is 23.9 Å². The first-order chi connectivity index (χ1) is 19.4. The third-order valence-corrected chi connectivity index (χ3v) is 10.1. The Morgan fingerprint density at radius 3 is 2.30 bits per heavy atom. The zero-order valence-corrected chi connectivity index (χ0v) is 24.1. The molecule has 1 aromatic carbocycles. The number of fused-ring (bicyclic) bond motifs is 1. The molecule has 1 saturated carbocycles. The van der Waals surface area contributed by atoms with Crippen LogP contribution in [0.15, 0.2) is 48.4 Å². The van der Waals surface area contributed by atoms with E-state index in [2.05, 4.69) is 56.3 Å². The van der Waals surface area contributed by atoms with Crippen LogP contribution in [0.25, 0.3) is 0 Å².